The van der Waals surface area contributed by atoms with Crippen molar-refractivity contribution in [3.05, 3.63) is 79.5 Å². The van der Waals surface area contributed by atoms with Crippen LogP contribution in [0, 0.1) is 10.1 Å². The summed E-state index contributed by atoms with van der Waals surface area (Å²) in [6.07, 6.45) is 1.90. The molecule has 6 nitrogen and oxygen atoms in total. The lowest BCUT2D eigenvalue weighted by atomic mass is 9.93. The molecule has 130 valence electrons. The number of aromatic nitrogens is 1. The fourth-order valence-corrected chi connectivity index (χ4v) is 4.35. The minimum absolute atomic E-state index is 0.116. The number of rotatable bonds is 2. The van der Waals surface area contributed by atoms with E-state index in [1.54, 1.807) is 6.07 Å². The lowest BCUT2D eigenvalue weighted by Crippen LogP contribution is -2.15. The summed E-state index contributed by atoms with van der Waals surface area (Å²) >= 11 is 1.50. The molecule has 4 rings (SSSR count). The average Bonchev–Trinajstić information content (AvgIpc) is 2.98. The molecule has 0 saturated carbocycles. The summed E-state index contributed by atoms with van der Waals surface area (Å²) in [5.74, 6) is -0.476. The minimum Gasteiger partial charge on any atom is -0.319 e. The van der Waals surface area contributed by atoms with Crippen molar-refractivity contribution < 1.29 is 9.72 Å². The van der Waals surface area contributed by atoms with Crippen molar-refractivity contribution in [2.24, 2.45) is 12.0 Å². The van der Waals surface area contributed by atoms with Crippen LogP contribution in [0.3, 0.4) is 0 Å². The first-order chi connectivity index (χ1) is 12.5. The molecular formula is C19H15N3O3S. The van der Waals surface area contributed by atoms with E-state index < -0.39 is 10.8 Å². The van der Waals surface area contributed by atoms with Crippen LogP contribution in [-0.4, -0.2) is 15.4 Å². The van der Waals surface area contributed by atoms with Gasteiger partial charge in [-0.05, 0) is 24.5 Å². The molecule has 0 radical (unpaired) electrons. The number of hydrogen-bond donors (Lipinski definition) is 0. The van der Waals surface area contributed by atoms with E-state index in [0.717, 1.165) is 18.5 Å². The van der Waals surface area contributed by atoms with Crippen molar-refractivity contribution >= 4 is 22.9 Å². The van der Waals surface area contributed by atoms with E-state index in [4.69, 9.17) is 0 Å². The molecule has 7 heteroatoms. The number of hydrogen-bond acceptors (Lipinski definition) is 4. The number of nitro benzene ring substituents is 1. The number of non-ortho nitro benzene ring substituents is 1. The van der Waals surface area contributed by atoms with Gasteiger partial charge >= 0.3 is 0 Å². The third-order valence-corrected chi connectivity index (χ3v) is 5.69. The molecule has 0 N–H and O–H groups in total. The Bertz CT molecular complexity index is 1110. The largest absolute Gasteiger partial charge is 0.319 e. The quantitative estimate of drug-likeness (QED) is 0.515. The van der Waals surface area contributed by atoms with Gasteiger partial charge in [0.2, 0.25) is 0 Å². The normalized spacial score (nSPS) is 13.2. The molecule has 26 heavy (non-hydrogen) atoms. The first-order valence-corrected chi connectivity index (χ1v) is 8.97. The third-order valence-electron chi connectivity index (χ3n) is 4.50. The second-order valence-electron chi connectivity index (χ2n) is 6.10. The summed E-state index contributed by atoms with van der Waals surface area (Å²) < 4.78 is 1.94. The number of aryl methyl sites for hydroxylation is 2. The predicted octanol–water partition coefficient (Wildman–Crippen LogP) is 3.50. The zero-order valence-electron chi connectivity index (χ0n) is 14.0. The van der Waals surface area contributed by atoms with Crippen LogP contribution in [0.2, 0.25) is 0 Å². The zero-order chi connectivity index (χ0) is 18.3. The van der Waals surface area contributed by atoms with E-state index in [9.17, 15) is 14.9 Å². The van der Waals surface area contributed by atoms with Crippen molar-refractivity contribution in [2.75, 3.05) is 0 Å². The Labute approximate surface area is 153 Å². The fourth-order valence-electron chi connectivity index (χ4n) is 3.23. The van der Waals surface area contributed by atoms with Gasteiger partial charge in [-0.2, -0.15) is 4.99 Å². The number of carbonyl (C=O) groups excluding carboxylic acids is 1. The van der Waals surface area contributed by atoms with Gasteiger partial charge in [0, 0.05) is 35.2 Å². The summed E-state index contributed by atoms with van der Waals surface area (Å²) in [5, 5.41) is 10.9. The smallest absolute Gasteiger partial charge is 0.279 e. The third kappa shape index (κ3) is 2.76. The highest BCUT2D eigenvalue weighted by atomic mass is 32.1. The van der Waals surface area contributed by atoms with Crippen LogP contribution in [-0.2, 0) is 19.9 Å². The number of amides is 1. The van der Waals surface area contributed by atoms with Gasteiger partial charge in [0.25, 0.3) is 11.6 Å². The van der Waals surface area contributed by atoms with E-state index in [1.165, 1.54) is 45.5 Å². The van der Waals surface area contributed by atoms with E-state index >= 15 is 0 Å². The highest BCUT2D eigenvalue weighted by Crippen LogP contribution is 2.34. The highest BCUT2D eigenvalue weighted by Gasteiger charge is 2.21. The Morgan fingerprint density at radius 1 is 1.19 bits per heavy atom. The number of carbonyl (C=O) groups is 1. The molecule has 0 unspecified atom stereocenters. The van der Waals surface area contributed by atoms with Gasteiger partial charge in [0.05, 0.1) is 10.6 Å². The molecule has 0 fully saturated rings. The molecule has 0 bridgehead atoms. The Kier molecular flexibility index (Phi) is 4.00. The summed E-state index contributed by atoms with van der Waals surface area (Å²) in [7, 11) is 1.90. The standard InChI is InChI=1S/C19H15N3O3S/c1-21-17-15-8-3-2-5-12(15)9-10-16(17)26-19(21)20-18(23)13-6-4-7-14(11-13)22(24)25/h2-8,11H,9-10H2,1H3. The molecule has 2 aromatic carbocycles. The molecule has 0 aliphatic heterocycles. The van der Waals surface area contributed by atoms with Gasteiger partial charge in [0.1, 0.15) is 0 Å². The van der Waals surface area contributed by atoms with Gasteiger partial charge in [-0.15, -0.1) is 11.3 Å². The Morgan fingerprint density at radius 2 is 2.00 bits per heavy atom. The molecular weight excluding hydrogens is 350 g/mol. The fraction of sp³-hybridized carbons (Fsp3) is 0.158. The lowest BCUT2D eigenvalue weighted by Gasteiger charge is -2.16. The summed E-state index contributed by atoms with van der Waals surface area (Å²) in [6.45, 7) is 0. The molecule has 1 aliphatic rings. The minimum atomic E-state index is -0.516. The number of nitrogens with zero attached hydrogens (tertiary/aromatic N) is 3. The Hall–Kier alpha value is -3.06. The Morgan fingerprint density at radius 3 is 2.81 bits per heavy atom. The van der Waals surface area contributed by atoms with Gasteiger partial charge in [0.15, 0.2) is 4.80 Å². The molecule has 0 spiro atoms. The first kappa shape index (κ1) is 16.4. The van der Waals surface area contributed by atoms with Gasteiger partial charge in [-0.3, -0.25) is 14.9 Å². The number of fused-ring (bicyclic) bond motifs is 3. The molecule has 0 saturated heterocycles. The molecule has 1 amide bonds. The summed E-state index contributed by atoms with van der Waals surface area (Å²) in [5.41, 5.74) is 3.67. The molecule has 3 aromatic rings. The number of thiazole rings is 1. The van der Waals surface area contributed by atoms with Crippen LogP contribution >= 0.6 is 11.3 Å². The molecule has 1 aliphatic carbocycles. The van der Waals surface area contributed by atoms with Crippen LogP contribution in [0.25, 0.3) is 11.3 Å². The van der Waals surface area contributed by atoms with Crippen LogP contribution in [0.15, 0.2) is 53.5 Å². The SMILES string of the molecule is Cn1c2c(sc1=NC(=O)c1cccc([N+](=O)[O-])c1)CCc1ccccc1-2. The van der Waals surface area contributed by atoms with E-state index in [-0.39, 0.29) is 11.3 Å². The van der Waals surface area contributed by atoms with Crippen molar-refractivity contribution in [3.63, 3.8) is 0 Å². The molecule has 1 heterocycles. The maximum absolute atomic E-state index is 12.5. The van der Waals surface area contributed by atoms with Crippen LogP contribution in [0.4, 0.5) is 5.69 Å². The van der Waals surface area contributed by atoms with Gasteiger partial charge in [-0.1, -0.05) is 30.3 Å². The van der Waals surface area contributed by atoms with Crippen molar-refractivity contribution in [2.45, 2.75) is 12.8 Å². The second kappa shape index (κ2) is 6.34. The zero-order valence-corrected chi connectivity index (χ0v) is 14.8. The maximum atomic E-state index is 12.5. The first-order valence-electron chi connectivity index (χ1n) is 8.15. The number of nitro groups is 1. The van der Waals surface area contributed by atoms with Crippen molar-refractivity contribution in [1.82, 2.24) is 4.57 Å². The van der Waals surface area contributed by atoms with Crippen LogP contribution in [0.1, 0.15) is 20.8 Å². The maximum Gasteiger partial charge on any atom is 0.279 e. The lowest BCUT2D eigenvalue weighted by molar-refractivity contribution is -0.384. The monoisotopic (exact) mass is 365 g/mol. The topological polar surface area (TPSA) is 77.5 Å². The Balaban J connectivity index is 1.78. The van der Waals surface area contributed by atoms with E-state index in [0.29, 0.717) is 4.80 Å². The average molecular weight is 365 g/mol. The van der Waals surface area contributed by atoms with E-state index in [2.05, 4.69) is 17.1 Å². The van der Waals surface area contributed by atoms with Crippen LogP contribution in [0.5, 0.6) is 0 Å². The van der Waals surface area contributed by atoms with Crippen molar-refractivity contribution in [1.29, 1.82) is 0 Å². The second-order valence-corrected chi connectivity index (χ2v) is 7.16. The summed E-state index contributed by atoms with van der Waals surface area (Å²) in [4.78, 5) is 28.9. The van der Waals surface area contributed by atoms with Gasteiger partial charge < -0.3 is 4.57 Å². The number of benzene rings is 2. The van der Waals surface area contributed by atoms with Crippen LogP contribution < -0.4 is 4.80 Å². The molecule has 0 atom stereocenters. The van der Waals surface area contributed by atoms with Gasteiger partial charge in [-0.25, -0.2) is 0 Å². The highest BCUT2D eigenvalue weighted by molar-refractivity contribution is 7.09. The predicted molar refractivity (Wildman–Crippen MR) is 99.1 cm³/mol. The van der Waals surface area contributed by atoms with Crippen molar-refractivity contribution in [3.8, 4) is 11.3 Å². The molecule has 1 aromatic heterocycles. The summed E-state index contributed by atoms with van der Waals surface area (Å²) in [6, 6.07) is 13.9. The van der Waals surface area contributed by atoms with E-state index in [1.807, 2.05) is 23.7 Å².